The summed E-state index contributed by atoms with van der Waals surface area (Å²) in [6.45, 7) is 0. The molecule has 1 aliphatic heterocycles. The van der Waals surface area contributed by atoms with Crippen molar-refractivity contribution in [2.24, 2.45) is 0 Å². The lowest BCUT2D eigenvalue weighted by molar-refractivity contribution is -0.133. The number of aliphatic hydroxyl groups is 1. The molecule has 0 aromatic heterocycles. The Kier molecular flexibility index (Phi) is 4.89. The van der Waals surface area contributed by atoms with Gasteiger partial charge in [0.1, 0.15) is 22.9 Å². The first-order valence-electron chi connectivity index (χ1n) is 6.90. The lowest BCUT2D eigenvalue weighted by Crippen LogP contribution is -2.29. The van der Waals surface area contributed by atoms with Crippen molar-refractivity contribution >= 4 is 39.6 Å². The molecule has 2 aromatic rings. The van der Waals surface area contributed by atoms with E-state index < -0.39 is 18.1 Å². The molecular weight excluding hydrogens is 403 g/mol. The van der Waals surface area contributed by atoms with E-state index >= 15 is 0 Å². The van der Waals surface area contributed by atoms with Crippen molar-refractivity contribution in [3.8, 4) is 11.5 Å². The molecule has 4 nitrogen and oxygen atoms in total. The number of rotatable bonds is 3. The molecule has 1 unspecified atom stereocenters. The Morgan fingerprint density at radius 2 is 2.12 bits per heavy atom. The van der Waals surface area contributed by atoms with Crippen LogP contribution in [0.25, 0.3) is 6.08 Å². The van der Waals surface area contributed by atoms with E-state index in [1.165, 1.54) is 18.2 Å². The molecule has 0 bridgehead atoms. The van der Waals surface area contributed by atoms with E-state index in [2.05, 4.69) is 15.9 Å². The van der Waals surface area contributed by atoms with Crippen LogP contribution in [-0.4, -0.2) is 17.4 Å². The topological polar surface area (TPSA) is 55.8 Å². The number of ether oxygens (including phenoxy) is 2. The van der Waals surface area contributed by atoms with E-state index in [9.17, 15) is 14.3 Å². The molecule has 2 aromatic carbocycles. The molecule has 0 spiro atoms. The Morgan fingerprint density at radius 1 is 1.33 bits per heavy atom. The fourth-order valence-corrected chi connectivity index (χ4v) is 2.69. The van der Waals surface area contributed by atoms with Gasteiger partial charge in [0.25, 0.3) is 0 Å². The van der Waals surface area contributed by atoms with Gasteiger partial charge in [-0.1, -0.05) is 6.07 Å². The average molecular weight is 414 g/mol. The fraction of sp³-hybridized carbons (Fsp3) is 0.118. The monoisotopic (exact) mass is 412 g/mol. The van der Waals surface area contributed by atoms with Crippen LogP contribution in [0.1, 0.15) is 11.1 Å². The molecule has 3 rings (SSSR count). The largest absolute Gasteiger partial charge is 0.460 e. The van der Waals surface area contributed by atoms with Gasteiger partial charge in [-0.15, -0.1) is 11.6 Å². The van der Waals surface area contributed by atoms with Crippen molar-refractivity contribution in [3.63, 3.8) is 0 Å². The standard InChI is InChI=1S/C17H11BrClFO4/c18-13-3-2-11(20)7-15(13)24-17(22)12-6-10-5-9(8-19)1-4-14(10)23-16(12)21/h1-7,16,21H,8H2. The molecule has 1 aliphatic rings. The van der Waals surface area contributed by atoms with Crippen LogP contribution in [0.3, 0.4) is 0 Å². The second kappa shape index (κ2) is 6.93. The quantitative estimate of drug-likeness (QED) is 0.469. The van der Waals surface area contributed by atoms with Gasteiger partial charge >= 0.3 is 5.97 Å². The molecule has 0 aliphatic carbocycles. The third kappa shape index (κ3) is 3.45. The lowest BCUT2D eigenvalue weighted by Gasteiger charge is -2.22. The molecule has 0 amide bonds. The van der Waals surface area contributed by atoms with Gasteiger partial charge in [0.15, 0.2) is 0 Å². The number of carbonyl (C=O) groups excluding carboxylic acids is 1. The first-order valence-corrected chi connectivity index (χ1v) is 8.23. The summed E-state index contributed by atoms with van der Waals surface area (Å²) in [7, 11) is 0. The van der Waals surface area contributed by atoms with E-state index in [-0.39, 0.29) is 11.3 Å². The van der Waals surface area contributed by atoms with E-state index in [0.29, 0.717) is 21.7 Å². The number of halogens is 3. The third-order valence-electron chi connectivity index (χ3n) is 3.38. The molecule has 1 heterocycles. The molecule has 7 heteroatoms. The van der Waals surface area contributed by atoms with Crippen LogP contribution in [0.2, 0.25) is 0 Å². The summed E-state index contributed by atoms with van der Waals surface area (Å²) >= 11 is 8.96. The second-order valence-corrected chi connectivity index (χ2v) is 6.16. The normalized spacial score (nSPS) is 16.0. The van der Waals surface area contributed by atoms with Crippen LogP contribution >= 0.6 is 27.5 Å². The number of hydrogen-bond acceptors (Lipinski definition) is 4. The number of aliphatic hydroxyl groups excluding tert-OH is 1. The van der Waals surface area contributed by atoms with Crippen LogP contribution in [0, 0.1) is 5.82 Å². The highest BCUT2D eigenvalue weighted by molar-refractivity contribution is 9.10. The highest BCUT2D eigenvalue weighted by atomic mass is 79.9. The van der Waals surface area contributed by atoms with Crippen molar-refractivity contribution < 1.29 is 23.8 Å². The molecule has 0 radical (unpaired) electrons. The number of esters is 1. The van der Waals surface area contributed by atoms with Crippen LogP contribution in [0.15, 0.2) is 46.4 Å². The van der Waals surface area contributed by atoms with Gasteiger partial charge in [-0.05, 0) is 51.8 Å². The summed E-state index contributed by atoms with van der Waals surface area (Å²) in [4.78, 5) is 12.3. The van der Waals surface area contributed by atoms with Gasteiger partial charge in [0, 0.05) is 17.5 Å². The lowest BCUT2D eigenvalue weighted by atomic mass is 10.0. The first kappa shape index (κ1) is 17.0. The summed E-state index contributed by atoms with van der Waals surface area (Å²) < 4.78 is 24.2. The minimum Gasteiger partial charge on any atom is -0.460 e. The molecule has 24 heavy (non-hydrogen) atoms. The van der Waals surface area contributed by atoms with Crippen LogP contribution < -0.4 is 9.47 Å². The molecular formula is C17H11BrClFO4. The first-order chi connectivity index (χ1) is 11.5. The second-order valence-electron chi connectivity index (χ2n) is 5.04. The smallest absolute Gasteiger partial charge is 0.345 e. The van der Waals surface area contributed by atoms with Gasteiger partial charge in [-0.2, -0.15) is 0 Å². The maximum absolute atomic E-state index is 13.3. The van der Waals surface area contributed by atoms with E-state index in [1.807, 2.05) is 0 Å². The van der Waals surface area contributed by atoms with Crippen LogP contribution in [-0.2, 0) is 10.7 Å². The highest BCUT2D eigenvalue weighted by Crippen LogP contribution is 2.32. The zero-order chi connectivity index (χ0) is 17.3. The summed E-state index contributed by atoms with van der Waals surface area (Å²) in [6.07, 6.45) is -0.00563. The van der Waals surface area contributed by atoms with Crippen molar-refractivity contribution in [1.29, 1.82) is 0 Å². The number of alkyl halides is 1. The Labute approximate surface area is 150 Å². The van der Waals surface area contributed by atoms with Gasteiger partial charge in [-0.25, -0.2) is 9.18 Å². The highest BCUT2D eigenvalue weighted by Gasteiger charge is 2.28. The number of hydrogen-bond donors (Lipinski definition) is 1. The van der Waals surface area contributed by atoms with Gasteiger partial charge in [0.2, 0.25) is 6.29 Å². The third-order valence-corrected chi connectivity index (χ3v) is 4.34. The average Bonchev–Trinajstić information content (AvgIpc) is 2.57. The number of carbonyl (C=O) groups is 1. The van der Waals surface area contributed by atoms with E-state index in [0.717, 1.165) is 11.6 Å². The Morgan fingerprint density at radius 3 is 2.88 bits per heavy atom. The number of benzene rings is 2. The van der Waals surface area contributed by atoms with Gasteiger partial charge in [-0.3, -0.25) is 0 Å². The Hall–Kier alpha value is -1.89. The van der Waals surface area contributed by atoms with Crippen LogP contribution in [0.4, 0.5) is 4.39 Å². The fourth-order valence-electron chi connectivity index (χ4n) is 2.20. The van der Waals surface area contributed by atoms with E-state index in [4.69, 9.17) is 21.1 Å². The maximum atomic E-state index is 13.3. The molecule has 1 N–H and O–H groups in total. The Bertz CT molecular complexity index is 837. The summed E-state index contributed by atoms with van der Waals surface area (Å²) in [5.74, 6) is -0.642. The number of fused-ring (bicyclic) bond motifs is 1. The zero-order valence-corrected chi connectivity index (χ0v) is 14.5. The maximum Gasteiger partial charge on any atom is 0.345 e. The molecule has 0 saturated heterocycles. The van der Waals surface area contributed by atoms with Crippen molar-refractivity contribution in [2.75, 3.05) is 0 Å². The molecule has 0 fully saturated rings. The summed E-state index contributed by atoms with van der Waals surface area (Å²) in [5, 5.41) is 10.0. The van der Waals surface area contributed by atoms with Crippen LogP contribution in [0.5, 0.6) is 11.5 Å². The SMILES string of the molecule is O=C(Oc1cc(F)ccc1Br)C1=Cc2cc(CCl)ccc2OC1O. The van der Waals surface area contributed by atoms with E-state index in [1.54, 1.807) is 18.2 Å². The van der Waals surface area contributed by atoms with Crippen molar-refractivity contribution in [3.05, 3.63) is 63.4 Å². The van der Waals surface area contributed by atoms with Gasteiger partial charge < -0.3 is 14.6 Å². The minimum atomic E-state index is -1.47. The molecule has 1 atom stereocenters. The predicted octanol–water partition coefficient (Wildman–Crippen LogP) is 4.03. The minimum absolute atomic E-state index is 0.00778. The Balaban J connectivity index is 1.90. The van der Waals surface area contributed by atoms with Crippen molar-refractivity contribution in [1.82, 2.24) is 0 Å². The molecule has 124 valence electrons. The molecule has 0 saturated carbocycles. The summed E-state index contributed by atoms with van der Waals surface area (Å²) in [6, 6.07) is 8.89. The predicted molar refractivity (Wildman–Crippen MR) is 90.3 cm³/mol. The zero-order valence-electron chi connectivity index (χ0n) is 12.1. The summed E-state index contributed by atoms with van der Waals surface area (Å²) in [5.41, 5.74) is 1.35. The van der Waals surface area contributed by atoms with Gasteiger partial charge in [0.05, 0.1) is 4.47 Å². The van der Waals surface area contributed by atoms with Crippen molar-refractivity contribution in [2.45, 2.75) is 12.2 Å².